The van der Waals surface area contributed by atoms with E-state index in [1.807, 2.05) is 13.8 Å². The van der Waals surface area contributed by atoms with Gasteiger partial charge in [-0.25, -0.2) is 4.98 Å². The van der Waals surface area contributed by atoms with E-state index in [0.29, 0.717) is 38.0 Å². The van der Waals surface area contributed by atoms with Gasteiger partial charge in [-0.15, -0.1) is 0 Å². The van der Waals surface area contributed by atoms with E-state index < -0.39 is 11.0 Å². The molecule has 0 radical (unpaired) electrons. The highest BCUT2D eigenvalue weighted by atomic mass is 16.5. The molecule has 1 aromatic heterocycles. The topological polar surface area (TPSA) is 75.2 Å². The summed E-state index contributed by atoms with van der Waals surface area (Å²) in [5.74, 6) is -0.158. The first-order chi connectivity index (χ1) is 8.50. The van der Waals surface area contributed by atoms with Crippen LogP contribution in [-0.4, -0.2) is 27.7 Å². The lowest BCUT2D eigenvalue weighted by atomic mass is 9.69. The van der Waals surface area contributed by atoms with Gasteiger partial charge in [0.15, 0.2) is 0 Å². The van der Waals surface area contributed by atoms with Crippen LogP contribution in [0.1, 0.15) is 45.2 Å². The van der Waals surface area contributed by atoms with Crippen molar-refractivity contribution in [2.24, 2.45) is 5.41 Å². The number of carbonyl (C=O) groups is 1. The number of esters is 1. The van der Waals surface area contributed by atoms with Crippen LogP contribution in [0.5, 0.6) is 0 Å². The number of imidazole rings is 1. The van der Waals surface area contributed by atoms with Crippen molar-refractivity contribution in [1.82, 2.24) is 9.97 Å². The molecule has 1 aliphatic rings. The molecule has 0 aromatic carbocycles. The number of aromatic nitrogens is 2. The van der Waals surface area contributed by atoms with Crippen molar-refractivity contribution in [3.05, 3.63) is 18.2 Å². The summed E-state index contributed by atoms with van der Waals surface area (Å²) in [7, 11) is 0. The molecule has 0 atom stereocenters. The SMILES string of the molecule is CCOC(=O)C1(C)CCC(O)(c2c[nH]cn2)CC1. The predicted octanol–water partition coefficient (Wildman–Crippen LogP) is 1.74. The molecule has 0 amide bonds. The van der Waals surface area contributed by atoms with Crippen LogP contribution in [0.25, 0.3) is 0 Å². The highest BCUT2D eigenvalue weighted by Gasteiger charge is 2.45. The highest BCUT2D eigenvalue weighted by Crippen LogP contribution is 2.45. The lowest BCUT2D eigenvalue weighted by molar-refractivity contribution is -0.160. The molecule has 0 unspecified atom stereocenters. The Morgan fingerprint density at radius 3 is 2.67 bits per heavy atom. The van der Waals surface area contributed by atoms with Crippen molar-refractivity contribution in [3.63, 3.8) is 0 Å². The number of nitrogens with zero attached hydrogens (tertiary/aromatic N) is 1. The molecule has 1 aromatic rings. The van der Waals surface area contributed by atoms with E-state index in [-0.39, 0.29) is 5.97 Å². The van der Waals surface area contributed by atoms with Gasteiger partial charge < -0.3 is 14.8 Å². The summed E-state index contributed by atoms with van der Waals surface area (Å²) in [6, 6.07) is 0. The molecule has 1 aliphatic carbocycles. The van der Waals surface area contributed by atoms with Gasteiger partial charge in [-0.3, -0.25) is 4.79 Å². The van der Waals surface area contributed by atoms with Crippen molar-refractivity contribution in [2.45, 2.75) is 45.1 Å². The molecule has 5 heteroatoms. The van der Waals surface area contributed by atoms with Crippen LogP contribution in [0.3, 0.4) is 0 Å². The second-order valence-corrected chi connectivity index (χ2v) is 5.27. The lowest BCUT2D eigenvalue weighted by Crippen LogP contribution is -2.40. The van der Waals surface area contributed by atoms with Gasteiger partial charge in [0.1, 0.15) is 5.60 Å². The van der Waals surface area contributed by atoms with E-state index in [0.717, 1.165) is 0 Å². The van der Waals surface area contributed by atoms with Gasteiger partial charge in [-0.2, -0.15) is 0 Å². The highest BCUT2D eigenvalue weighted by molar-refractivity contribution is 5.76. The fraction of sp³-hybridized carbons (Fsp3) is 0.692. The zero-order chi connectivity index (χ0) is 13.2. The fourth-order valence-corrected chi connectivity index (χ4v) is 2.50. The molecule has 1 heterocycles. The average molecular weight is 252 g/mol. The maximum absolute atomic E-state index is 11.9. The summed E-state index contributed by atoms with van der Waals surface area (Å²) in [5.41, 5.74) is -0.724. The number of rotatable bonds is 3. The Labute approximate surface area is 107 Å². The van der Waals surface area contributed by atoms with Gasteiger partial charge in [0.2, 0.25) is 0 Å². The van der Waals surface area contributed by atoms with Crippen LogP contribution >= 0.6 is 0 Å². The molecular weight excluding hydrogens is 232 g/mol. The summed E-state index contributed by atoms with van der Waals surface area (Å²) < 4.78 is 5.10. The van der Waals surface area contributed by atoms with Gasteiger partial charge in [0.25, 0.3) is 0 Å². The number of aromatic amines is 1. The summed E-state index contributed by atoms with van der Waals surface area (Å²) in [5, 5.41) is 10.5. The molecule has 1 fully saturated rings. The minimum absolute atomic E-state index is 0.158. The third kappa shape index (κ3) is 2.27. The maximum atomic E-state index is 11.9. The van der Waals surface area contributed by atoms with Crippen LogP contribution in [0.4, 0.5) is 0 Å². The van der Waals surface area contributed by atoms with Crippen molar-refractivity contribution in [1.29, 1.82) is 0 Å². The first-order valence-corrected chi connectivity index (χ1v) is 6.39. The molecule has 1 saturated carbocycles. The number of aliphatic hydroxyl groups is 1. The molecule has 2 rings (SSSR count). The quantitative estimate of drug-likeness (QED) is 0.803. The lowest BCUT2D eigenvalue weighted by Gasteiger charge is -2.39. The number of hydrogen-bond donors (Lipinski definition) is 2. The van der Waals surface area contributed by atoms with Crippen LogP contribution in [0, 0.1) is 5.41 Å². The molecule has 18 heavy (non-hydrogen) atoms. The number of carbonyl (C=O) groups excluding carboxylic acids is 1. The first-order valence-electron chi connectivity index (χ1n) is 6.39. The predicted molar refractivity (Wildman–Crippen MR) is 65.7 cm³/mol. The number of hydrogen-bond acceptors (Lipinski definition) is 4. The third-order valence-corrected chi connectivity index (χ3v) is 3.92. The zero-order valence-corrected chi connectivity index (χ0v) is 10.9. The Morgan fingerprint density at radius 2 is 2.17 bits per heavy atom. The van der Waals surface area contributed by atoms with Crippen molar-refractivity contribution in [2.75, 3.05) is 6.61 Å². The summed E-state index contributed by atoms with van der Waals surface area (Å²) in [4.78, 5) is 18.9. The van der Waals surface area contributed by atoms with E-state index in [1.54, 1.807) is 12.5 Å². The minimum Gasteiger partial charge on any atom is -0.466 e. The first kappa shape index (κ1) is 13.1. The van der Waals surface area contributed by atoms with Gasteiger partial charge in [-0.05, 0) is 39.5 Å². The van der Waals surface area contributed by atoms with Crippen LogP contribution in [-0.2, 0) is 15.1 Å². The molecule has 0 aliphatic heterocycles. The second-order valence-electron chi connectivity index (χ2n) is 5.27. The number of H-pyrrole nitrogens is 1. The Morgan fingerprint density at radius 1 is 1.50 bits per heavy atom. The molecule has 5 nitrogen and oxygen atoms in total. The molecule has 0 bridgehead atoms. The van der Waals surface area contributed by atoms with Crippen LogP contribution in [0.15, 0.2) is 12.5 Å². The van der Waals surface area contributed by atoms with Gasteiger partial charge in [0, 0.05) is 6.20 Å². The molecule has 0 saturated heterocycles. The normalized spacial score (nSPS) is 32.2. The van der Waals surface area contributed by atoms with Crippen molar-refractivity contribution >= 4 is 5.97 Å². The van der Waals surface area contributed by atoms with Crippen LogP contribution in [0.2, 0.25) is 0 Å². The molecular formula is C13H20N2O3. The third-order valence-electron chi connectivity index (χ3n) is 3.92. The summed E-state index contributed by atoms with van der Waals surface area (Å²) in [6.45, 7) is 4.12. The van der Waals surface area contributed by atoms with Crippen LogP contribution < -0.4 is 0 Å². The standard InChI is InChI=1S/C13H20N2O3/c1-3-18-11(16)12(2)4-6-13(17,7-5-12)10-8-14-9-15-10/h8-9,17H,3-7H2,1-2H3,(H,14,15). The van der Waals surface area contributed by atoms with Crippen molar-refractivity contribution in [3.8, 4) is 0 Å². The van der Waals surface area contributed by atoms with E-state index in [2.05, 4.69) is 9.97 Å². The minimum atomic E-state index is -0.911. The second kappa shape index (κ2) is 4.72. The van der Waals surface area contributed by atoms with Gasteiger partial charge in [0.05, 0.1) is 24.0 Å². The van der Waals surface area contributed by atoms with E-state index in [1.165, 1.54) is 0 Å². The zero-order valence-electron chi connectivity index (χ0n) is 10.9. The van der Waals surface area contributed by atoms with E-state index in [9.17, 15) is 9.90 Å². The van der Waals surface area contributed by atoms with E-state index in [4.69, 9.17) is 4.74 Å². The summed E-state index contributed by atoms with van der Waals surface area (Å²) >= 11 is 0. The smallest absolute Gasteiger partial charge is 0.311 e. The number of ether oxygens (including phenoxy) is 1. The Balaban J connectivity index is 2.05. The van der Waals surface area contributed by atoms with Gasteiger partial charge in [-0.1, -0.05) is 0 Å². The fourth-order valence-electron chi connectivity index (χ4n) is 2.50. The average Bonchev–Trinajstić information content (AvgIpc) is 2.88. The monoisotopic (exact) mass is 252 g/mol. The Kier molecular flexibility index (Phi) is 3.43. The Hall–Kier alpha value is -1.36. The Bertz CT molecular complexity index is 406. The van der Waals surface area contributed by atoms with Gasteiger partial charge >= 0.3 is 5.97 Å². The molecule has 0 spiro atoms. The van der Waals surface area contributed by atoms with E-state index >= 15 is 0 Å². The largest absolute Gasteiger partial charge is 0.466 e. The maximum Gasteiger partial charge on any atom is 0.311 e. The summed E-state index contributed by atoms with van der Waals surface area (Å²) in [6.07, 6.45) is 5.59. The number of nitrogens with one attached hydrogen (secondary N) is 1. The molecule has 100 valence electrons. The molecule has 2 N–H and O–H groups in total. The van der Waals surface area contributed by atoms with Crippen molar-refractivity contribution < 1.29 is 14.6 Å².